The zero-order valence-electron chi connectivity index (χ0n) is 17.7. The van der Waals surface area contributed by atoms with Crippen LogP contribution in [-0.2, 0) is 12.7 Å². The minimum absolute atomic E-state index is 0.0582. The first-order chi connectivity index (χ1) is 15.7. The Labute approximate surface area is 185 Å². The van der Waals surface area contributed by atoms with Gasteiger partial charge in [-0.05, 0) is 12.8 Å². The predicted molar refractivity (Wildman–Crippen MR) is 109 cm³/mol. The molecule has 0 bridgehead atoms. The van der Waals surface area contributed by atoms with Gasteiger partial charge in [0.15, 0.2) is 5.65 Å². The lowest BCUT2D eigenvalue weighted by Gasteiger charge is -2.57. The van der Waals surface area contributed by atoms with E-state index in [9.17, 15) is 22.0 Å². The maximum atomic E-state index is 12.8. The van der Waals surface area contributed by atoms with Crippen molar-refractivity contribution in [2.45, 2.75) is 45.0 Å². The van der Waals surface area contributed by atoms with Gasteiger partial charge in [0, 0.05) is 31.1 Å². The van der Waals surface area contributed by atoms with Gasteiger partial charge in [0.2, 0.25) is 5.82 Å². The molecule has 3 aromatic heterocycles. The molecule has 0 amide bonds. The molecule has 13 heteroatoms. The van der Waals surface area contributed by atoms with Crippen molar-refractivity contribution in [2.24, 2.45) is 5.41 Å². The van der Waals surface area contributed by atoms with Crippen molar-refractivity contribution in [3.8, 4) is 0 Å². The van der Waals surface area contributed by atoms with Gasteiger partial charge >= 0.3 is 6.18 Å². The summed E-state index contributed by atoms with van der Waals surface area (Å²) < 4.78 is 65.1. The molecule has 3 aromatic rings. The summed E-state index contributed by atoms with van der Waals surface area (Å²) >= 11 is 0. The Hall–Kier alpha value is -3.12. The maximum Gasteiger partial charge on any atom is 0.451 e. The molecule has 0 radical (unpaired) electrons. The number of halogens is 5. The van der Waals surface area contributed by atoms with Crippen molar-refractivity contribution < 1.29 is 22.0 Å². The Balaban J connectivity index is 1.33. The highest BCUT2D eigenvalue weighted by Crippen LogP contribution is 2.49. The van der Waals surface area contributed by atoms with E-state index in [1.165, 1.54) is 18.6 Å². The van der Waals surface area contributed by atoms with E-state index in [1.807, 2.05) is 11.8 Å². The van der Waals surface area contributed by atoms with Gasteiger partial charge in [-0.2, -0.15) is 18.3 Å². The van der Waals surface area contributed by atoms with Crippen LogP contribution in [0.25, 0.3) is 11.2 Å². The molecular weight excluding hydrogens is 447 g/mol. The standard InChI is InChI=1S/C20H21F5N8/c1-2-14-19(11-32(14)12-5-27-18(28-6-12)20(23,24)25)3-4-31(10-19)16-8-26-13-7-29-33(9-15(21)22)17(13)30-16/h5-8,14-15H,2-4,9-11H2,1H3/t14-,19+/m0/s1. The first-order valence-electron chi connectivity index (χ1n) is 10.6. The summed E-state index contributed by atoms with van der Waals surface area (Å²) in [6.07, 6.45) is 0.0511. The molecule has 0 N–H and O–H groups in total. The molecular formula is C20H21F5N8. The minimum atomic E-state index is -4.57. The summed E-state index contributed by atoms with van der Waals surface area (Å²) in [5.74, 6) is -0.553. The van der Waals surface area contributed by atoms with Gasteiger partial charge in [-0.3, -0.25) is 0 Å². The number of hydrogen-bond donors (Lipinski definition) is 0. The second kappa shape index (κ2) is 7.73. The van der Waals surface area contributed by atoms with Crippen molar-refractivity contribution >= 4 is 22.7 Å². The van der Waals surface area contributed by atoms with Crippen LogP contribution in [0.15, 0.2) is 24.8 Å². The Morgan fingerprint density at radius 2 is 1.85 bits per heavy atom. The van der Waals surface area contributed by atoms with Crippen molar-refractivity contribution in [3.63, 3.8) is 0 Å². The van der Waals surface area contributed by atoms with Gasteiger partial charge < -0.3 is 9.80 Å². The number of rotatable bonds is 5. The first-order valence-corrected chi connectivity index (χ1v) is 10.6. The van der Waals surface area contributed by atoms with Crippen LogP contribution in [0.3, 0.4) is 0 Å². The molecule has 0 unspecified atom stereocenters. The maximum absolute atomic E-state index is 12.8. The monoisotopic (exact) mass is 468 g/mol. The van der Waals surface area contributed by atoms with Crippen molar-refractivity contribution in [1.82, 2.24) is 29.7 Å². The van der Waals surface area contributed by atoms with E-state index >= 15 is 0 Å². The third kappa shape index (κ3) is 3.72. The van der Waals surface area contributed by atoms with Crippen LogP contribution in [-0.4, -0.2) is 61.8 Å². The average Bonchev–Trinajstić information content (AvgIpc) is 3.37. The number of aromatic nitrogens is 6. The van der Waals surface area contributed by atoms with Crippen LogP contribution < -0.4 is 9.80 Å². The van der Waals surface area contributed by atoms with Gasteiger partial charge in [0.1, 0.15) is 17.9 Å². The van der Waals surface area contributed by atoms with Crippen molar-refractivity contribution in [3.05, 3.63) is 30.6 Å². The summed E-state index contributed by atoms with van der Waals surface area (Å²) in [4.78, 5) is 20.0. The Bertz CT molecular complexity index is 1150. The fraction of sp³-hybridized carbons (Fsp3) is 0.550. The molecule has 2 aliphatic heterocycles. The summed E-state index contributed by atoms with van der Waals surface area (Å²) in [7, 11) is 0. The van der Waals surface area contributed by atoms with Crippen LogP contribution in [0.4, 0.5) is 33.5 Å². The van der Waals surface area contributed by atoms with E-state index in [2.05, 4.69) is 29.9 Å². The molecule has 1 spiro atoms. The fourth-order valence-electron chi connectivity index (χ4n) is 5.06. The summed E-state index contributed by atoms with van der Waals surface area (Å²) in [6, 6.07) is 0.115. The Kier molecular flexibility index (Phi) is 5.09. The lowest BCUT2D eigenvalue weighted by atomic mass is 9.69. The quantitative estimate of drug-likeness (QED) is 0.532. The second-order valence-electron chi connectivity index (χ2n) is 8.50. The Morgan fingerprint density at radius 1 is 1.09 bits per heavy atom. The molecule has 2 saturated heterocycles. The molecule has 2 fully saturated rings. The number of nitrogens with zero attached hydrogens (tertiary/aromatic N) is 8. The largest absolute Gasteiger partial charge is 0.451 e. The highest BCUT2D eigenvalue weighted by Gasteiger charge is 2.55. The molecule has 176 valence electrons. The van der Waals surface area contributed by atoms with E-state index in [4.69, 9.17) is 0 Å². The third-order valence-corrected chi connectivity index (χ3v) is 6.53. The molecule has 5 heterocycles. The molecule has 0 aromatic carbocycles. The molecule has 0 saturated carbocycles. The van der Waals surface area contributed by atoms with Crippen LogP contribution in [0.1, 0.15) is 25.6 Å². The average molecular weight is 468 g/mol. The van der Waals surface area contributed by atoms with Crippen molar-refractivity contribution in [1.29, 1.82) is 0 Å². The zero-order valence-corrected chi connectivity index (χ0v) is 17.7. The van der Waals surface area contributed by atoms with E-state index in [0.717, 1.165) is 24.1 Å². The summed E-state index contributed by atoms with van der Waals surface area (Å²) in [6.45, 7) is 3.56. The molecule has 8 nitrogen and oxygen atoms in total. The van der Waals surface area contributed by atoms with Crippen LogP contribution in [0, 0.1) is 5.41 Å². The first kappa shape index (κ1) is 21.7. The zero-order chi connectivity index (χ0) is 23.4. The van der Waals surface area contributed by atoms with E-state index in [-0.39, 0.29) is 11.5 Å². The van der Waals surface area contributed by atoms with Gasteiger partial charge in [-0.1, -0.05) is 6.92 Å². The Morgan fingerprint density at radius 3 is 2.52 bits per heavy atom. The number of alkyl halides is 5. The van der Waals surface area contributed by atoms with Crippen LogP contribution in [0.2, 0.25) is 0 Å². The molecule has 33 heavy (non-hydrogen) atoms. The van der Waals surface area contributed by atoms with Crippen LogP contribution >= 0.6 is 0 Å². The molecule has 0 aliphatic carbocycles. The fourth-order valence-corrected chi connectivity index (χ4v) is 5.06. The molecule has 2 atom stereocenters. The number of anilines is 2. The normalized spacial score (nSPS) is 23.2. The van der Waals surface area contributed by atoms with E-state index < -0.39 is 25.0 Å². The number of hydrogen-bond acceptors (Lipinski definition) is 7. The van der Waals surface area contributed by atoms with Gasteiger partial charge in [-0.25, -0.2) is 33.4 Å². The highest BCUT2D eigenvalue weighted by atomic mass is 19.4. The van der Waals surface area contributed by atoms with Crippen LogP contribution in [0.5, 0.6) is 0 Å². The van der Waals surface area contributed by atoms with Gasteiger partial charge in [0.25, 0.3) is 6.43 Å². The SMILES string of the molecule is CC[C@@H]1N(c2cnc(C(F)(F)F)nc2)C[C@]12CCN(c1cnc3cnn(CC(F)F)c3n1)C2. The van der Waals surface area contributed by atoms with E-state index in [0.29, 0.717) is 35.8 Å². The number of fused-ring (bicyclic) bond motifs is 1. The molecule has 2 aliphatic rings. The van der Waals surface area contributed by atoms with Gasteiger partial charge in [-0.15, -0.1) is 0 Å². The highest BCUT2D eigenvalue weighted by molar-refractivity contribution is 5.71. The smallest absolute Gasteiger partial charge is 0.365 e. The second-order valence-corrected chi connectivity index (χ2v) is 8.50. The summed E-state index contributed by atoms with van der Waals surface area (Å²) in [5.41, 5.74) is 1.28. The van der Waals surface area contributed by atoms with E-state index in [1.54, 1.807) is 6.20 Å². The predicted octanol–water partition coefficient (Wildman–Crippen LogP) is 3.40. The molecule has 5 rings (SSSR count). The summed E-state index contributed by atoms with van der Waals surface area (Å²) in [5, 5.41) is 3.95. The minimum Gasteiger partial charge on any atom is -0.365 e. The van der Waals surface area contributed by atoms with Gasteiger partial charge in [0.05, 0.1) is 30.5 Å². The lowest BCUT2D eigenvalue weighted by Crippen LogP contribution is -2.65. The third-order valence-electron chi connectivity index (χ3n) is 6.53. The van der Waals surface area contributed by atoms with Crippen molar-refractivity contribution in [2.75, 3.05) is 29.4 Å². The topological polar surface area (TPSA) is 75.9 Å². The lowest BCUT2D eigenvalue weighted by molar-refractivity contribution is -0.145.